The van der Waals surface area contributed by atoms with E-state index in [1.165, 1.54) is 23.5 Å². The zero-order chi connectivity index (χ0) is 26.6. The second kappa shape index (κ2) is 11.6. The lowest BCUT2D eigenvalue weighted by Gasteiger charge is -2.24. The molecule has 0 spiro atoms. The number of hydrogen-bond acceptors (Lipinski definition) is 6. The molecular weight excluding hydrogens is 528 g/mol. The molecule has 0 fully saturated rings. The number of nitrogens with one attached hydrogen (secondary N) is 1. The van der Waals surface area contributed by atoms with Gasteiger partial charge in [-0.15, -0.1) is 0 Å². The van der Waals surface area contributed by atoms with Crippen molar-refractivity contribution in [2.75, 3.05) is 35.8 Å². The number of halogens is 1. The quantitative estimate of drug-likeness (QED) is 0.257. The molecule has 0 saturated carbocycles. The van der Waals surface area contributed by atoms with Crippen molar-refractivity contribution in [3.63, 3.8) is 0 Å². The number of anilines is 2. The fraction of sp³-hybridized carbons (Fsp3) is 0.259. The Morgan fingerprint density at radius 1 is 1.00 bits per heavy atom. The van der Waals surface area contributed by atoms with Crippen molar-refractivity contribution in [3.05, 3.63) is 82.9 Å². The molecule has 1 aromatic heterocycles. The fourth-order valence-corrected chi connectivity index (χ4v) is 6.50. The number of aromatic nitrogens is 1. The first kappa shape index (κ1) is 27.1. The Hall–Kier alpha value is -2.98. The van der Waals surface area contributed by atoms with Crippen molar-refractivity contribution in [1.82, 2.24) is 9.88 Å². The zero-order valence-electron chi connectivity index (χ0n) is 20.9. The van der Waals surface area contributed by atoms with Crippen molar-refractivity contribution in [2.24, 2.45) is 0 Å². The minimum atomic E-state index is -3.72. The van der Waals surface area contributed by atoms with Gasteiger partial charge in [-0.1, -0.05) is 55.0 Å². The fourth-order valence-electron chi connectivity index (χ4n) is 3.97. The summed E-state index contributed by atoms with van der Waals surface area (Å²) in [5.74, 6) is -0.201. The number of nitrogens with zero attached hydrogens (tertiary/aromatic N) is 3. The SMILES string of the molecule is CCN(CC)CCN(C(=O)c1ccc(NS(=O)(=O)c2ccccc2)cc1)c1nc2c(C)cc(Cl)cc2s1. The number of thiazole rings is 1. The van der Waals surface area contributed by atoms with Crippen LogP contribution in [0.1, 0.15) is 29.8 Å². The summed E-state index contributed by atoms with van der Waals surface area (Å²) >= 11 is 7.69. The zero-order valence-corrected chi connectivity index (χ0v) is 23.3. The molecule has 37 heavy (non-hydrogen) atoms. The second-order valence-electron chi connectivity index (χ2n) is 8.55. The number of hydrogen-bond donors (Lipinski definition) is 1. The van der Waals surface area contributed by atoms with Crippen LogP contribution in [-0.4, -0.2) is 50.4 Å². The van der Waals surface area contributed by atoms with Crippen LogP contribution in [0.15, 0.2) is 71.6 Å². The highest BCUT2D eigenvalue weighted by Gasteiger charge is 2.23. The number of sulfonamides is 1. The number of fused-ring (bicyclic) bond motifs is 1. The molecule has 0 aliphatic carbocycles. The van der Waals surface area contributed by atoms with Crippen LogP contribution < -0.4 is 9.62 Å². The first-order valence-electron chi connectivity index (χ1n) is 12.0. The average molecular weight is 557 g/mol. The lowest BCUT2D eigenvalue weighted by molar-refractivity contribution is 0.0984. The number of carbonyl (C=O) groups is 1. The molecule has 4 aromatic rings. The summed E-state index contributed by atoms with van der Waals surface area (Å²) < 4.78 is 28.8. The van der Waals surface area contributed by atoms with Gasteiger partial charge in [0.1, 0.15) is 0 Å². The molecule has 0 unspecified atom stereocenters. The smallest absolute Gasteiger partial charge is 0.261 e. The minimum Gasteiger partial charge on any atom is -0.302 e. The standard InChI is InChI=1S/C27H29ClN4O3S2/c1-4-31(5-2)15-16-32(27-29-25-19(3)17-21(28)18-24(25)36-27)26(33)20-11-13-22(14-12-20)30-37(34,35)23-9-7-6-8-10-23/h6-14,17-18,30H,4-5,15-16H2,1-3H3. The largest absolute Gasteiger partial charge is 0.302 e. The van der Waals surface area contributed by atoms with Crippen molar-refractivity contribution in [3.8, 4) is 0 Å². The van der Waals surface area contributed by atoms with E-state index < -0.39 is 10.0 Å². The Kier molecular flexibility index (Phi) is 8.49. The molecule has 7 nitrogen and oxygen atoms in total. The Bertz CT molecular complexity index is 1490. The first-order valence-corrected chi connectivity index (χ1v) is 14.7. The number of rotatable bonds is 10. The number of benzene rings is 3. The molecular formula is C27H29ClN4O3S2. The molecule has 0 radical (unpaired) electrons. The summed E-state index contributed by atoms with van der Waals surface area (Å²) in [5, 5.41) is 1.24. The molecule has 10 heteroatoms. The molecule has 0 aliphatic rings. The molecule has 0 bridgehead atoms. The van der Waals surface area contributed by atoms with Crippen molar-refractivity contribution in [2.45, 2.75) is 25.7 Å². The van der Waals surface area contributed by atoms with Crippen LogP contribution in [-0.2, 0) is 10.0 Å². The first-order chi connectivity index (χ1) is 17.7. The molecule has 1 N–H and O–H groups in total. The van der Waals surface area contributed by atoms with E-state index in [1.807, 2.05) is 19.1 Å². The van der Waals surface area contributed by atoms with Crippen LogP contribution in [0.5, 0.6) is 0 Å². The topological polar surface area (TPSA) is 82.6 Å². The van der Waals surface area contributed by atoms with E-state index in [-0.39, 0.29) is 10.8 Å². The molecule has 1 amide bonds. The number of carbonyl (C=O) groups excluding carboxylic acids is 1. The molecule has 0 saturated heterocycles. The van der Waals surface area contributed by atoms with Gasteiger partial charge in [0.2, 0.25) is 0 Å². The predicted octanol–water partition coefficient (Wildman–Crippen LogP) is 6.05. The van der Waals surface area contributed by atoms with Gasteiger partial charge < -0.3 is 4.90 Å². The van der Waals surface area contributed by atoms with Gasteiger partial charge in [0.15, 0.2) is 5.13 Å². The Balaban J connectivity index is 1.61. The van der Waals surface area contributed by atoms with Gasteiger partial charge in [-0.2, -0.15) is 0 Å². The molecule has 4 rings (SSSR count). The maximum Gasteiger partial charge on any atom is 0.261 e. The van der Waals surface area contributed by atoms with E-state index in [2.05, 4.69) is 23.5 Å². The van der Waals surface area contributed by atoms with Gasteiger partial charge in [0, 0.05) is 29.4 Å². The van der Waals surface area contributed by atoms with Crippen LogP contribution in [0, 0.1) is 6.92 Å². The van der Waals surface area contributed by atoms with Gasteiger partial charge in [-0.3, -0.25) is 14.4 Å². The van der Waals surface area contributed by atoms with E-state index in [4.69, 9.17) is 16.6 Å². The van der Waals surface area contributed by atoms with E-state index in [0.717, 1.165) is 28.9 Å². The Morgan fingerprint density at radius 2 is 1.68 bits per heavy atom. The molecule has 0 atom stereocenters. The van der Waals surface area contributed by atoms with Crippen molar-refractivity contribution < 1.29 is 13.2 Å². The lowest BCUT2D eigenvalue weighted by atomic mass is 10.2. The highest BCUT2D eigenvalue weighted by atomic mass is 35.5. The monoisotopic (exact) mass is 556 g/mol. The molecule has 1 heterocycles. The minimum absolute atomic E-state index is 0.170. The summed E-state index contributed by atoms with van der Waals surface area (Å²) in [6.45, 7) is 9.06. The number of amides is 1. The molecule has 0 aliphatic heterocycles. The third-order valence-corrected chi connectivity index (χ3v) is 8.73. The maximum atomic E-state index is 13.7. The van der Waals surface area contributed by atoms with Gasteiger partial charge >= 0.3 is 0 Å². The number of likely N-dealkylation sites (N-methyl/N-ethyl adjacent to an activating group) is 1. The average Bonchev–Trinajstić information content (AvgIpc) is 3.31. The van der Waals surface area contributed by atoms with Gasteiger partial charge in [-0.05, 0) is 74.1 Å². The van der Waals surface area contributed by atoms with Gasteiger partial charge in [-0.25, -0.2) is 13.4 Å². The number of aryl methyl sites for hydroxylation is 1. The summed E-state index contributed by atoms with van der Waals surface area (Å²) in [6, 6.07) is 18.3. The normalized spacial score (nSPS) is 11.7. The Labute approximate surface area is 226 Å². The molecule has 194 valence electrons. The van der Waals surface area contributed by atoms with E-state index in [0.29, 0.717) is 34.5 Å². The maximum absolute atomic E-state index is 13.7. The summed E-state index contributed by atoms with van der Waals surface area (Å²) in [5.41, 5.74) is 2.60. The van der Waals surface area contributed by atoms with E-state index >= 15 is 0 Å². The third kappa shape index (κ3) is 6.30. The summed E-state index contributed by atoms with van der Waals surface area (Å²) in [4.78, 5) is 22.6. The predicted molar refractivity (Wildman–Crippen MR) is 153 cm³/mol. The van der Waals surface area contributed by atoms with Crippen LogP contribution in [0.2, 0.25) is 5.02 Å². The van der Waals surface area contributed by atoms with Crippen molar-refractivity contribution in [1.29, 1.82) is 0 Å². The summed E-state index contributed by atoms with van der Waals surface area (Å²) in [6.07, 6.45) is 0. The van der Waals surface area contributed by atoms with E-state index in [1.54, 1.807) is 47.4 Å². The van der Waals surface area contributed by atoms with Gasteiger partial charge in [0.25, 0.3) is 15.9 Å². The van der Waals surface area contributed by atoms with Crippen LogP contribution in [0.4, 0.5) is 10.8 Å². The van der Waals surface area contributed by atoms with Gasteiger partial charge in [0.05, 0.1) is 15.1 Å². The summed E-state index contributed by atoms with van der Waals surface area (Å²) in [7, 11) is -3.72. The highest BCUT2D eigenvalue weighted by Crippen LogP contribution is 2.33. The second-order valence-corrected chi connectivity index (χ2v) is 11.7. The highest BCUT2D eigenvalue weighted by molar-refractivity contribution is 7.92. The lowest BCUT2D eigenvalue weighted by Crippen LogP contribution is -2.38. The third-order valence-electron chi connectivity index (χ3n) is 6.09. The van der Waals surface area contributed by atoms with E-state index in [9.17, 15) is 13.2 Å². The van der Waals surface area contributed by atoms with Crippen LogP contribution in [0.25, 0.3) is 10.2 Å². The Morgan fingerprint density at radius 3 is 2.32 bits per heavy atom. The molecule has 3 aromatic carbocycles. The van der Waals surface area contributed by atoms with Crippen molar-refractivity contribution >= 4 is 59.9 Å². The van der Waals surface area contributed by atoms with Crippen LogP contribution in [0.3, 0.4) is 0 Å². The van der Waals surface area contributed by atoms with Crippen LogP contribution >= 0.6 is 22.9 Å².